The van der Waals surface area contributed by atoms with Crippen LogP contribution in [-0.4, -0.2) is 26.2 Å². The van der Waals surface area contributed by atoms with E-state index in [0.717, 1.165) is 16.8 Å². The number of ether oxygens (including phenoxy) is 3. The SMILES string of the molecule is COc1ccc([C@H]2[C@@H](Oc3ccccc3)C(=O)N2c2ccc(C)c(C)c2)cc1OC. The van der Waals surface area contributed by atoms with Crippen LogP contribution in [0.4, 0.5) is 5.69 Å². The van der Waals surface area contributed by atoms with Gasteiger partial charge in [0.2, 0.25) is 6.10 Å². The highest BCUT2D eigenvalue weighted by atomic mass is 16.5. The lowest BCUT2D eigenvalue weighted by atomic mass is 9.89. The van der Waals surface area contributed by atoms with Crippen molar-refractivity contribution in [3.05, 3.63) is 83.4 Å². The van der Waals surface area contributed by atoms with Crippen molar-refractivity contribution in [1.29, 1.82) is 0 Å². The van der Waals surface area contributed by atoms with Gasteiger partial charge in [-0.2, -0.15) is 0 Å². The maximum atomic E-state index is 13.2. The first kappa shape index (κ1) is 19.8. The minimum absolute atomic E-state index is 0.0677. The van der Waals surface area contributed by atoms with E-state index >= 15 is 0 Å². The van der Waals surface area contributed by atoms with E-state index in [1.807, 2.05) is 73.7 Å². The molecule has 154 valence electrons. The molecule has 1 amide bonds. The molecule has 0 aliphatic carbocycles. The van der Waals surface area contributed by atoms with Crippen molar-refractivity contribution in [2.75, 3.05) is 19.1 Å². The first-order valence-electron chi connectivity index (χ1n) is 9.87. The van der Waals surface area contributed by atoms with E-state index in [2.05, 4.69) is 6.92 Å². The maximum absolute atomic E-state index is 13.2. The molecule has 0 unspecified atom stereocenters. The highest BCUT2D eigenvalue weighted by Crippen LogP contribution is 2.43. The average Bonchev–Trinajstić information content (AvgIpc) is 2.78. The van der Waals surface area contributed by atoms with Crippen molar-refractivity contribution in [2.45, 2.75) is 26.0 Å². The number of carbonyl (C=O) groups is 1. The summed E-state index contributed by atoms with van der Waals surface area (Å²) in [6.07, 6.45) is -0.618. The zero-order valence-electron chi connectivity index (χ0n) is 17.6. The molecule has 5 nitrogen and oxygen atoms in total. The molecular formula is C25H25NO4. The lowest BCUT2D eigenvalue weighted by molar-refractivity contribution is -0.135. The van der Waals surface area contributed by atoms with Gasteiger partial charge in [-0.05, 0) is 66.9 Å². The highest BCUT2D eigenvalue weighted by Gasteiger charge is 2.51. The Morgan fingerprint density at radius 2 is 1.53 bits per heavy atom. The minimum Gasteiger partial charge on any atom is -0.493 e. The minimum atomic E-state index is -0.618. The van der Waals surface area contributed by atoms with E-state index in [-0.39, 0.29) is 11.9 Å². The van der Waals surface area contributed by atoms with Gasteiger partial charge in [0, 0.05) is 5.69 Å². The molecule has 4 rings (SSSR count). The second kappa shape index (κ2) is 8.11. The summed E-state index contributed by atoms with van der Waals surface area (Å²) in [6, 6.07) is 20.9. The third kappa shape index (κ3) is 3.47. The predicted octanol–water partition coefficient (Wildman–Crippen LogP) is 4.86. The third-order valence-corrected chi connectivity index (χ3v) is 5.57. The van der Waals surface area contributed by atoms with Gasteiger partial charge in [-0.3, -0.25) is 9.69 Å². The largest absolute Gasteiger partial charge is 0.493 e. The van der Waals surface area contributed by atoms with Gasteiger partial charge in [0.15, 0.2) is 11.5 Å². The fourth-order valence-corrected chi connectivity index (χ4v) is 3.75. The maximum Gasteiger partial charge on any atom is 0.271 e. The summed E-state index contributed by atoms with van der Waals surface area (Å²) in [5, 5.41) is 0. The van der Waals surface area contributed by atoms with E-state index in [1.54, 1.807) is 19.1 Å². The van der Waals surface area contributed by atoms with Gasteiger partial charge in [0.1, 0.15) is 11.8 Å². The molecule has 1 saturated heterocycles. The summed E-state index contributed by atoms with van der Waals surface area (Å²) >= 11 is 0. The number of β-lactam (4-membered cyclic amide) rings is 1. The number of hydrogen-bond acceptors (Lipinski definition) is 4. The number of para-hydroxylation sites is 1. The van der Waals surface area contributed by atoms with Crippen molar-refractivity contribution in [3.8, 4) is 17.2 Å². The van der Waals surface area contributed by atoms with Crippen molar-refractivity contribution >= 4 is 11.6 Å². The smallest absolute Gasteiger partial charge is 0.271 e. The van der Waals surface area contributed by atoms with Gasteiger partial charge >= 0.3 is 0 Å². The number of rotatable bonds is 6. The van der Waals surface area contributed by atoms with Crippen LogP contribution in [0.25, 0.3) is 0 Å². The normalized spacial score (nSPS) is 18.0. The second-order valence-corrected chi connectivity index (χ2v) is 7.39. The fraction of sp³-hybridized carbons (Fsp3) is 0.240. The Kier molecular flexibility index (Phi) is 5.36. The number of carbonyl (C=O) groups excluding carboxylic acids is 1. The zero-order chi connectivity index (χ0) is 21.3. The van der Waals surface area contributed by atoms with Crippen molar-refractivity contribution in [1.82, 2.24) is 0 Å². The first-order chi connectivity index (χ1) is 14.5. The van der Waals surface area contributed by atoms with Crippen LogP contribution in [0.1, 0.15) is 22.7 Å². The molecule has 3 aromatic carbocycles. The molecule has 1 aliphatic heterocycles. The zero-order valence-corrected chi connectivity index (χ0v) is 17.6. The number of benzene rings is 3. The van der Waals surface area contributed by atoms with Crippen LogP contribution in [0.2, 0.25) is 0 Å². The highest BCUT2D eigenvalue weighted by molar-refractivity contribution is 6.05. The van der Waals surface area contributed by atoms with E-state index in [9.17, 15) is 4.79 Å². The molecule has 0 N–H and O–H groups in total. The number of nitrogens with zero attached hydrogens (tertiary/aromatic N) is 1. The molecule has 0 aromatic heterocycles. The molecule has 0 spiro atoms. The molecule has 2 atom stereocenters. The van der Waals surface area contributed by atoms with Gasteiger partial charge in [0.05, 0.1) is 14.2 Å². The van der Waals surface area contributed by atoms with Gasteiger partial charge < -0.3 is 14.2 Å². The van der Waals surface area contributed by atoms with Crippen LogP contribution in [0.15, 0.2) is 66.7 Å². The summed E-state index contributed by atoms with van der Waals surface area (Å²) in [6.45, 7) is 4.11. The predicted molar refractivity (Wildman–Crippen MR) is 117 cm³/mol. The molecule has 0 radical (unpaired) electrons. The Balaban J connectivity index is 1.74. The molecule has 1 heterocycles. The van der Waals surface area contributed by atoms with Gasteiger partial charge in [-0.15, -0.1) is 0 Å². The Bertz CT molecular complexity index is 1060. The van der Waals surface area contributed by atoms with Crippen LogP contribution < -0.4 is 19.1 Å². The van der Waals surface area contributed by atoms with Gasteiger partial charge in [-0.25, -0.2) is 0 Å². The Hall–Kier alpha value is -3.47. The van der Waals surface area contributed by atoms with Crippen LogP contribution in [-0.2, 0) is 4.79 Å². The second-order valence-electron chi connectivity index (χ2n) is 7.39. The van der Waals surface area contributed by atoms with Gasteiger partial charge in [-0.1, -0.05) is 30.3 Å². The van der Waals surface area contributed by atoms with E-state index in [4.69, 9.17) is 14.2 Å². The summed E-state index contributed by atoms with van der Waals surface area (Å²) in [5.41, 5.74) is 4.10. The van der Waals surface area contributed by atoms with E-state index in [1.165, 1.54) is 5.56 Å². The topological polar surface area (TPSA) is 48.0 Å². The molecule has 1 aliphatic rings. The summed E-state index contributed by atoms with van der Waals surface area (Å²) < 4.78 is 17.0. The number of anilines is 1. The Morgan fingerprint density at radius 3 is 2.20 bits per heavy atom. The van der Waals surface area contributed by atoms with Crippen LogP contribution in [0.5, 0.6) is 17.2 Å². The van der Waals surface area contributed by atoms with Crippen molar-refractivity contribution < 1.29 is 19.0 Å². The number of hydrogen-bond donors (Lipinski definition) is 0. The summed E-state index contributed by atoms with van der Waals surface area (Å²) in [7, 11) is 3.21. The molecule has 30 heavy (non-hydrogen) atoms. The van der Waals surface area contributed by atoms with E-state index < -0.39 is 6.10 Å². The number of aryl methyl sites for hydroxylation is 2. The van der Waals surface area contributed by atoms with Crippen LogP contribution >= 0.6 is 0 Å². The Labute approximate surface area is 176 Å². The molecule has 0 bridgehead atoms. The van der Waals surface area contributed by atoms with Crippen molar-refractivity contribution in [2.24, 2.45) is 0 Å². The molecule has 5 heteroatoms. The molecule has 1 fully saturated rings. The monoisotopic (exact) mass is 403 g/mol. The quantitative estimate of drug-likeness (QED) is 0.552. The lowest BCUT2D eigenvalue weighted by Crippen LogP contribution is -2.61. The van der Waals surface area contributed by atoms with Gasteiger partial charge in [0.25, 0.3) is 5.91 Å². The lowest BCUT2D eigenvalue weighted by Gasteiger charge is -2.46. The molecule has 0 saturated carbocycles. The van der Waals surface area contributed by atoms with Crippen LogP contribution in [0, 0.1) is 13.8 Å². The third-order valence-electron chi connectivity index (χ3n) is 5.57. The number of methoxy groups -OCH3 is 2. The molecule has 3 aromatic rings. The van der Waals surface area contributed by atoms with E-state index in [0.29, 0.717) is 17.2 Å². The van der Waals surface area contributed by atoms with Crippen LogP contribution in [0.3, 0.4) is 0 Å². The van der Waals surface area contributed by atoms with Crippen molar-refractivity contribution in [3.63, 3.8) is 0 Å². The standard InChI is InChI=1S/C25H25NO4/c1-16-10-12-19(14-17(16)2)26-23(18-11-13-21(28-3)22(15-18)29-4)24(25(26)27)30-20-8-6-5-7-9-20/h5-15,23-24H,1-4H3/t23-,24+/m0/s1. The summed E-state index contributed by atoms with van der Waals surface area (Å²) in [4.78, 5) is 15.0. The Morgan fingerprint density at radius 1 is 0.800 bits per heavy atom. The fourth-order valence-electron chi connectivity index (χ4n) is 3.75. The molecular weight excluding hydrogens is 378 g/mol. The summed E-state index contributed by atoms with van der Waals surface area (Å²) in [5.74, 6) is 1.86. The average molecular weight is 403 g/mol. The first-order valence-corrected chi connectivity index (χ1v) is 9.87. The number of amides is 1.